The minimum atomic E-state index is -0.690. The highest BCUT2D eigenvalue weighted by Gasteiger charge is 2.26. The van der Waals surface area contributed by atoms with Crippen molar-refractivity contribution in [3.05, 3.63) is 77.8 Å². The molecular weight excluding hydrogens is 366 g/mol. The predicted molar refractivity (Wildman–Crippen MR) is 97.6 cm³/mol. The van der Waals surface area contributed by atoms with Gasteiger partial charge in [0.1, 0.15) is 17.2 Å². The number of benzene rings is 2. The molecule has 2 aromatic heterocycles. The quantitative estimate of drug-likeness (QED) is 0.387. The average molecular weight is 378 g/mol. The van der Waals surface area contributed by atoms with Gasteiger partial charge in [0, 0.05) is 29.3 Å². The second-order valence-electron chi connectivity index (χ2n) is 6.27. The fourth-order valence-corrected chi connectivity index (χ4v) is 3.46. The summed E-state index contributed by atoms with van der Waals surface area (Å²) in [5.41, 5.74) is 1.90. The van der Waals surface area contributed by atoms with Crippen LogP contribution in [0, 0.1) is 16.8 Å². The Bertz CT molecular complexity index is 1240. The topological polar surface area (TPSA) is 58.3 Å². The van der Waals surface area contributed by atoms with E-state index in [-0.39, 0.29) is 18.1 Å². The summed E-state index contributed by atoms with van der Waals surface area (Å²) in [7, 11) is 0. The molecule has 0 bridgehead atoms. The van der Waals surface area contributed by atoms with Gasteiger partial charge < -0.3 is 14.7 Å². The van der Waals surface area contributed by atoms with E-state index in [2.05, 4.69) is 4.98 Å². The molecule has 1 aliphatic heterocycles. The molecule has 0 atom stereocenters. The number of fused-ring (bicyclic) bond motifs is 2. The van der Waals surface area contributed by atoms with Crippen molar-refractivity contribution in [3.63, 3.8) is 0 Å². The van der Waals surface area contributed by atoms with Gasteiger partial charge in [0.2, 0.25) is 6.79 Å². The van der Waals surface area contributed by atoms with Gasteiger partial charge in [0.15, 0.2) is 17.7 Å². The van der Waals surface area contributed by atoms with Crippen molar-refractivity contribution in [1.29, 1.82) is 0 Å². The first-order valence-electron chi connectivity index (χ1n) is 8.49. The zero-order valence-corrected chi connectivity index (χ0v) is 14.4. The molecule has 2 aromatic carbocycles. The van der Waals surface area contributed by atoms with Crippen molar-refractivity contribution < 1.29 is 23.0 Å². The molecule has 0 spiro atoms. The van der Waals surface area contributed by atoms with E-state index >= 15 is 0 Å². The Morgan fingerprint density at radius 1 is 0.964 bits per heavy atom. The summed E-state index contributed by atoms with van der Waals surface area (Å²) in [6.07, 6.45) is 2.82. The van der Waals surface area contributed by atoms with Crippen LogP contribution in [0.1, 0.15) is 0 Å². The largest absolute Gasteiger partial charge is 0.618 e. The Hall–Kier alpha value is -3.74. The number of pyridine rings is 2. The third-order valence-corrected chi connectivity index (χ3v) is 4.68. The third-order valence-electron chi connectivity index (χ3n) is 4.68. The summed E-state index contributed by atoms with van der Waals surface area (Å²) in [4.78, 5) is 4.36. The Kier molecular flexibility index (Phi) is 3.61. The molecule has 0 radical (unpaired) electrons. The molecule has 0 aliphatic carbocycles. The van der Waals surface area contributed by atoms with E-state index in [0.29, 0.717) is 38.3 Å². The van der Waals surface area contributed by atoms with Crippen molar-refractivity contribution in [2.24, 2.45) is 0 Å². The Balaban J connectivity index is 1.81. The van der Waals surface area contributed by atoms with E-state index in [1.54, 1.807) is 30.3 Å². The van der Waals surface area contributed by atoms with Crippen LogP contribution < -0.4 is 14.2 Å². The monoisotopic (exact) mass is 378 g/mol. The summed E-state index contributed by atoms with van der Waals surface area (Å²) >= 11 is 0. The van der Waals surface area contributed by atoms with Crippen molar-refractivity contribution in [2.75, 3.05) is 6.79 Å². The second-order valence-corrected chi connectivity index (χ2v) is 6.27. The molecule has 7 heteroatoms. The molecule has 0 N–H and O–H groups in total. The highest BCUT2D eigenvalue weighted by molar-refractivity contribution is 6.00. The number of aromatic nitrogens is 2. The van der Waals surface area contributed by atoms with E-state index in [9.17, 15) is 14.0 Å². The molecule has 138 valence electrons. The second kappa shape index (κ2) is 6.16. The lowest BCUT2D eigenvalue weighted by molar-refractivity contribution is -0.592. The standard InChI is InChI=1S/C21H12F2N2O3/c22-12-4-5-14(17(23)10-12)13-6-8-24-19-15(13)7-9-25(26)20(19)16-2-1-3-18-21(16)28-11-27-18/h1-10H,11H2. The van der Waals surface area contributed by atoms with Crippen LogP contribution in [-0.2, 0) is 0 Å². The Morgan fingerprint density at radius 3 is 2.71 bits per heavy atom. The fourth-order valence-electron chi connectivity index (χ4n) is 3.46. The SMILES string of the molecule is [O-][n+]1ccc2c(-c3ccc(F)cc3F)ccnc2c1-c1cccc2c1OCO2. The normalized spacial score (nSPS) is 12.5. The molecular formula is C21H12F2N2O3. The molecule has 0 fully saturated rings. The van der Waals surface area contributed by atoms with Crippen molar-refractivity contribution in [3.8, 4) is 33.9 Å². The van der Waals surface area contributed by atoms with Gasteiger partial charge in [-0.1, -0.05) is 6.07 Å². The first-order valence-corrected chi connectivity index (χ1v) is 8.49. The zero-order chi connectivity index (χ0) is 19.3. The average Bonchev–Trinajstić information content (AvgIpc) is 3.17. The lowest BCUT2D eigenvalue weighted by Crippen LogP contribution is -2.29. The van der Waals surface area contributed by atoms with Crippen LogP contribution in [0.2, 0.25) is 0 Å². The number of halogens is 2. The van der Waals surface area contributed by atoms with E-state index in [1.165, 1.54) is 24.5 Å². The fraction of sp³-hybridized carbons (Fsp3) is 0.0476. The zero-order valence-electron chi connectivity index (χ0n) is 14.4. The van der Waals surface area contributed by atoms with Crippen LogP contribution in [0.4, 0.5) is 8.78 Å². The number of para-hydroxylation sites is 1. The predicted octanol–water partition coefficient (Wildman–Crippen LogP) is 4.21. The first-order chi connectivity index (χ1) is 13.6. The Labute approximate surface area is 158 Å². The summed E-state index contributed by atoms with van der Waals surface area (Å²) < 4.78 is 39.3. The van der Waals surface area contributed by atoms with E-state index in [4.69, 9.17) is 9.47 Å². The summed E-state index contributed by atoms with van der Waals surface area (Å²) in [5.74, 6) is -0.352. The van der Waals surface area contributed by atoms with Gasteiger partial charge in [-0.2, -0.15) is 4.73 Å². The number of hydrogen-bond acceptors (Lipinski definition) is 4. The number of nitrogens with zero attached hydrogens (tertiary/aromatic N) is 2. The smallest absolute Gasteiger partial charge is 0.254 e. The maximum absolute atomic E-state index is 14.4. The van der Waals surface area contributed by atoms with Gasteiger partial charge in [0.25, 0.3) is 5.69 Å². The van der Waals surface area contributed by atoms with Crippen LogP contribution in [-0.4, -0.2) is 11.8 Å². The van der Waals surface area contributed by atoms with Crippen molar-refractivity contribution >= 4 is 10.9 Å². The molecule has 28 heavy (non-hydrogen) atoms. The minimum absolute atomic E-state index is 0.0649. The summed E-state index contributed by atoms with van der Waals surface area (Å²) in [6, 6.07) is 11.8. The van der Waals surface area contributed by atoms with Crippen LogP contribution in [0.15, 0.2) is 60.9 Å². The van der Waals surface area contributed by atoms with E-state index < -0.39 is 11.6 Å². The lowest BCUT2D eigenvalue weighted by atomic mass is 9.99. The van der Waals surface area contributed by atoms with Gasteiger partial charge in [-0.3, -0.25) is 0 Å². The number of ether oxygens (including phenoxy) is 2. The highest BCUT2D eigenvalue weighted by Crippen LogP contribution is 2.42. The molecule has 5 rings (SSSR count). The molecule has 5 nitrogen and oxygen atoms in total. The van der Waals surface area contributed by atoms with Gasteiger partial charge in [0.05, 0.1) is 5.56 Å². The summed E-state index contributed by atoms with van der Waals surface area (Å²) in [5, 5.41) is 13.2. The van der Waals surface area contributed by atoms with Gasteiger partial charge in [-0.05, 0) is 35.9 Å². The van der Waals surface area contributed by atoms with E-state index in [1.807, 2.05) is 0 Å². The Morgan fingerprint density at radius 2 is 1.86 bits per heavy atom. The van der Waals surface area contributed by atoms with Crippen LogP contribution >= 0.6 is 0 Å². The molecule has 3 heterocycles. The van der Waals surface area contributed by atoms with Crippen molar-refractivity contribution in [1.82, 2.24) is 4.98 Å². The van der Waals surface area contributed by atoms with Gasteiger partial charge in [-0.15, -0.1) is 0 Å². The molecule has 0 amide bonds. The first kappa shape index (κ1) is 16.4. The summed E-state index contributed by atoms with van der Waals surface area (Å²) in [6.45, 7) is 0.0649. The number of rotatable bonds is 2. The van der Waals surface area contributed by atoms with Crippen molar-refractivity contribution in [2.45, 2.75) is 0 Å². The van der Waals surface area contributed by atoms with Crippen LogP contribution in [0.3, 0.4) is 0 Å². The molecule has 4 aromatic rings. The molecule has 0 saturated heterocycles. The minimum Gasteiger partial charge on any atom is -0.618 e. The highest BCUT2D eigenvalue weighted by atomic mass is 19.1. The van der Waals surface area contributed by atoms with E-state index in [0.717, 1.165) is 6.07 Å². The molecule has 0 unspecified atom stereocenters. The van der Waals surface area contributed by atoms with Gasteiger partial charge >= 0.3 is 0 Å². The van der Waals surface area contributed by atoms with Gasteiger partial charge in [-0.25, -0.2) is 13.8 Å². The maximum Gasteiger partial charge on any atom is 0.254 e. The molecule has 0 saturated carbocycles. The lowest BCUT2D eigenvalue weighted by Gasteiger charge is -2.12. The molecule has 1 aliphatic rings. The van der Waals surface area contributed by atoms with Crippen LogP contribution in [0.25, 0.3) is 33.3 Å². The number of hydrogen-bond donors (Lipinski definition) is 0. The maximum atomic E-state index is 14.4. The third kappa shape index (κ3) is 2.44. The van der Waals surface area contributed by atoms with Crippen LogP contribution in [0.5, 0.6) is 11.5 Å².